The third-order valence-corrected chi connectivity index (χ3v) is 6.39. The van der Waals surface area contributed by atoms with Crippen LogP contribution in [-0.2, 0) is 0 Å². The quantitative estimate of drug-likeness (QED) is 0.392. The summed E-state index contributed by atoms with van der Waals surface area (Å²) in [5, 5.41) is 3.51. The molecule has 1 aliphatic carbocycles. The zero-order chi connectivity index (χ0) is 23.7. The van der Waals surface area contributed by atoms with Gasteiger partial charge in [-0.1, -0.05) is 12.8 Å². The Morgan fingerprint density at radius 3 is 2.68 bits per heavy atom. The molecule has 4 aromatic rings. The zero-order valence-corrected chi connectivity index (χ0v) is 19.0. The summed E-state index contributed by atoms with van der Waals surface area (Å²) < 4.78 is 11.8. The smallest absolute Gasteiger partial charge is 0.248 e. The number of methoxy groups -OCH3 is 1. The normalized spacial score (nSPS) is 18.1. The Morgan fingerprint density at radius 2 is 1.88 bits per heavy atom. The number of rotatable bonds is 6. The lowest BCUT2D eigenvalue weighted by molar-refractivity contribution is 0.100. The number of carbonyl (C=O) groups excluding carboxylic acids is 1. The molecule has 3 aromatic heterocycles. The highest BCUT2D eigenvalue weighted by atomic mass is 16.5. The van der Waals surface area contributed by atoms with Gasteiger partial charge in [0.1, 0.15) is 22.8 Å². The molecule has 8 nitrogen and oxygen atoms in total. The van der Waals surface area contributed by atoms with Crippen molar-refractivity contribution in [3.8, 4) is 28.2 Å². The second-order valence-corrected chi connectivity index (χ2v) is 8.59. The number of anilines is 1. The first-order chi connectivity index (χ1) is 16.5. The van der Waals surface area contributed by atoms with Crippen molar-refractivity contribution in [3.63, 3.8) is 0 Å². The molecule has 1 aliphatic rings. The number of nitrogens with one attached hydrogen (secondary N) is 1. The minimum absolute atomic E-state index is 0.130. The molecule has 2 atom stereocenters. The maximum Gasteiger partial charge on any atom is 0.248 e. The third kappa shape index (κ3) is 4.20. The van der Waals surface area contributed by atoms with E-state index in [2.05, 4.69) is 15.3 Å². The van der Waals surface area contributed by atoms with Crippen LogP contribution < -0.4 is 21.5 Å². The average molecular weight is 458 g/mol. The van der Waals surface area contributed by atoms with Crippen molar-refractivity contribution in [2.24, 2.45) is 11.5 Å². The number of amides is 1. The van der Waals surface area contributed by atoms with E-state index in [9.17, 15) is 4.79 Å². The summed E-state index contributed by atoms with van der Waals surface area (Å²) in [5.41, 5.74) is 16.0. The van der Waals surface area contributed by atoms with Crippen LogP contribution in [0.5, 0.6) is 5.75 Å². The summed E-state index contributed by atoms with van der Waals surface area (Å²) in [5.74, 6) is 1.38. The number of pyridine rings is 2. The number of furan rings is 1. The van der Waals surface area contributed by atoms with Gasteiger partial charge >= 0.3 is 0 Å². The third-order valence-electron chi connectivity index (χ3n) is 6.39. The summed E-state index contributed by atoms with van der Waals surface area (Å²) in [7, 11) is 1.57. The van der Waals surface area contributed by atoms with Gasteiger partial charge in [-0.15, -0.1) is 0 Å². The number of primary amides is 1. The van der Waals surface area contributed by atoms with Crippen molar-refractivity contribution in [3.05, 3.63) is 60.4 Å². The van der Waals surface area contributed by atoms with Crippen LogP contribution in [0.15, 0.2) is 59.3 Å². The molecular weight excluding hydrogens is 430 g/mol. The second kappa shape index (κ2) is 9.15. The first kappa shape index (κ1) is 21.9. The summed E-state index contributed by atoms with van der Waals surface area (Å²) in [6.07, 6.45) is 7.94. The Kier molecular flexibility index (Phi) is 5.90. The molecule has 0 saturated heterocycles. The number of benzene rings is 1. The van der Waals surface area contributed by atoms with Crippen LogP contribution in [0.25, 0.3) is 33.6 Å². The van der Waals surface area contributed by atoms with Gasteiger partial charge in [0.2, 0.25) is 5.91 Å². The Labute approximate surface area is 197 Å². The van der Waals surface area contributed by atoms with E-state index in [0.717, 1.165) is 29.8 Å². The van der Waals surface area contributed by atoms with E-state index in [1.807, 2.05) is 24.3 Å². The van der Waals surface area contributed by atoms with Crippen LogP contribution >= 0.6 is 0 Å². The van der Waals surface area contributed by atoms with Crippen molar-refractivity contribution >= 4 is 22.8 Å². The maximum atomic E-state index is 11.7. The average Bonchev–Trinajstić information content (AvgIpc) is 3.29. The maximum absolute atomic E-state index is 11.7. The number of fused-ring (bicyclic) bond motifs is 1. The number of nitrogens with zero attached hydrogens (tertiary/aromatic N) is 2. The van der Waals surface area contributed by atoms with Gasteiger partial charge < -0.3 is 25.9 Å². The van der Waals surface area contributed by atoms with E-state index in [4.69, 9.17) is 20.6 Å². The highest BCUT2D eigenvalue weighted by molar-refractivity contribution is 5.96. The summed E-state index contributed by atoms with van der Waals surface area (Å²) in [6, 6.07) is 13.0. The minimum Gasteiger partial charge on any atom is -0.496 e. The molecule has 174 valence electrons. The molecule has 0 bridgehead atoms. The molecule has 0 unspecified atom stereocenters. The monoisotopic (exact) mass is 457 g/mol. The Bertz CT molecular complexity index is 1350. The summed E-state index contributed by atoms with van der Waals surface area (Å²) in [6.45, 7) is 0. The summed E-state index contributed by atoms with van der Waals surface area (Å²) >= 11 is 0. The standard InChI is InChI=1S/C26H27N5O3/c1-33-22-7-6-16(26(28)32)12-18(22)23-14-21-25(34-23)17(9-11-29-21)15-8-10-30-24(13-15)31-20-5-3-2-4-19(20)27/h6-14,19-20H,2-5,27H2,1H3,(H2,28,32)(H,30,31)/t19-,20+/m0/s1. The molecule has 8 heteroatoms. The highest BCUT2D eigenvalue weighted by Crippen LogP contribution is 2.38. The fraction of sp³-hybridized carbons (Fsp3) is 0.269. The highest BCUT2D eigenvalue weighted by Gasteiger charge is 2.22. The zero-order valence-electron chi connectivity index (χ0n) is 19.0. The van der Waals surface area contributed by atoms with Crippen molar-refractivity contribution < 1.29 is 13.9 Å². The lowest BCUT2D eigenvalue weighted by Gasteiger charge is -2.29. The molecule has 5 N–H and O–H groups in total. The largest absolute Gasteiger partial charge is 0.496 e. The molecule has 34 heavy (non-hydrogen) atoms. The van der Waals surface area contributed by atoms with Crippen molar-refractivity contribution in [1.29, 1.82) is 0 Å². The van der Waals surface area contributed by atoms with Crippen molar-refractivity contribution in [2.45, 2.75) is 37.8 Å². The van der Waals surface area contributed by atoms with Gasteiger partial charge in [0.05, 0.1) is 12.7 Å². The molecule has 1 amide bonds. The molecule has 0 spiro atoms. The Morgan fingerprint density at radius 1 is 1.06 bits per heavy atom. The van der Waals surface area contributed by atoms with E-state index in [0.29, 0.717) is 33.7 Å². The van der Waals surface area contributed by atoms with Crippen molar-refractivity contribution in [1.82, 2.24) is 9.97 Å². The van der Waals surface area contributed by atoms with Crippen LogP contribution in [0.1, 0.15) is 36.0 Å². The van der Waals surface area contributed by atoms with Gasteiger partial charge in [0, 0.05) is 41.7 Å². The predicted octanol–water partition coefficient (Wildman–Crippen LogP) is 4.35. The van der Waals surface area contributed by atoms with Gasteiger partial charge in [-0.2, -0.15) is 0 Å². The first-order valence-electron chi connectivity index (χ1n) is 11.4. The molecular formula is C26H27N5O3. The molecule has 5 rings (SSSR count). The lowest BCUT2D eigenvalue weighted by atomic mass is 9.91. The number of aromatic nitrogens is 2. The van der Waals surface area contributed by atoms with Gasteiger partial charge in [-0.25, -0.2) is 4.98 Å². The van der Waals surface area contributed by atoms with Crippen LogP contribution in [-0.4, -0.2) is 35.1 Å². The van der Waals surface area contributed by atoms with Gasteiger partial charge in [0.15, 0.2) is 5.58 Å². The number of carbonyl (C=O) groups is 1. The molecule has 1 aromatic carbocycles. The molecule has 1 fully saturated rings. The Hall–Kier alpha value is -3.91. The lowest BCUT2D eigenvalue weighted by Crippen LogP contribution is -2.42. The fourth-order valence-electron chi connectivity index (χ4n) is 4.56. The number of hydrogen-bond donors (Lipinski definition) is 3. The Balaban J connectivity index is 1.53. The molecule has 0 aliphatic heterocycles. The van der Waals surface area contributed by atoms with Crippen molar-refractivity contribution in [2.75, 3.05) is 12.4 Å². The SMILES string of the molecule is COc1ccc(C(N)=O)cc1-c1cc2nccc(-c3ccnc(N[C@@H]4CCCC[C@@H]4N)c3)c2o1. The van der Waals surface area contributed by atoms with Gasteiger partial charge in [0.25, 0.3) is 0 Å². The van der Waals surface area contributed by atoms with Crippen LogP contribution in [0, 0.1) is 0 Å². The summed E-state index contributed by atoms with van der Waals surface area (Å²) in [4.78, 5) is 20.7. The number of ether oxygens (including phenoxy) is 1. The van der Waals surface area contributed by atoms with Gasteiger partial charge in [-0.05, 0) is 54.8 Å². The minimum atomic E-state index is -0.520. The van der Waals surface area contributed by atoms with Crippen LogP contribution in [0.2, 0.25) is 0 Å². The van der Waals surface area contributed by atoms with Gasteiger partial charge in [-0.3, -0.25) is 9.78 Å². The van der Waals surface area contributed by atoms with E-state index in [1.54, 1.807) is 37.7 Å². The van der Waals surface area contributed by atoms with E-state index < -0.39 is 5.91 Å². The van der Waals surface area contributed by atoms with E-state index >= 15 is 0 Å². The first-order valence-corrected chi connectivity index (χ1v) is 11.4. The molecule has 1 saturated carbocycles. The topological polar surface area (TPSA) is 129 Å². The fourth-order valence-corrected chi connectivity index (χ4v) is 4.56. The van der Waals surface area contributed by atoms with Crippen LogP contribution in [0.3, 0.4) is 0 Å². The van der Waals surface area contributed by atoms with E-state index in [1.165, 1.54) is 12.8 Å². The predicted molar refractivity (Wildman–Crippen MR) is 132 cm³/mol. The van der Waals surface area contributed by atoms with E-state index in [-0.39, 0.29) is 12.1 Å². The molecule has 3 heterocycles. The second-order valence-electron chi connectivity index (χ2n) is 8.59. The molecule has 0 radical (unpaired) electrons. The van der Waals surface area contributed by atoms with Crippen LogP contribution in [0.4, 0.5) is 5.82 Å². The number of hydrogen-bond acceptors (Lipinski definition) is 7. The number of nitrogens with two attached hydrogens (primary N) is 2.